The fourth-order valence-corrected chi connectivity index (χ4v) is 2.08. The minimum atomic E-state index is -0.587. The number of ether oxygens (including phenoxy) is 2. The summed E-state index contributed by atoms with van der Waals surface area (Å²) in [6, 6.07) is -0.171. The van der Waals surface area contributed by atoms with Crippen molar-refractivity contribution in [2.75, 3.05) is 26.9 Å². The van der Waals surface area contributed by atoms with Gasteiger partial charge >= 0.3 is 0 Å². The molecule has 5 nitrogen and oxygen atoms in total. The summed E-state index contributed by atoms with van der Waals surface area (Å²) < 4.78 is 10.2. The standard InChI is InChI=1S/C11H19NO4/c1-15-7-11(3-4-11)10(14)12-8-2-5-16-6-9(8)13/h8-9,13H,2-7H2,1H3,(H,12,14)/t8-,9-/m1/s1. The zero-order chi connectivity index (χ0) is 11.6. The van der Waals surface area contributed by atoms with E-state index in [0.717, 1.165) is 12.8 Å². The number of carbonyl (C=O) groups is 1. The molecule has 0 bridgehead atoms. The van der Waals surface area contributed by atoms with E-state index in [9.17, 15) is 9.90 Å². The first-order valence-corrected chi connectivity index (χ1v) is 5.74. The lowest BCUT2D eigenvalue weighted by Crippen LogP contribution is -2.51. The molecule has 0 aromatic rings. The lowest BCUT2D eigenvalue weighted by Gasteiger charge is -2.29. The van der Waals surface area contributed by atoms with Crippen molar-refractivity contribution in [3.8, 4) is 0 Å². The molecule has 2 aliphatic rings. The molecule has 1 aliphatic heterocycles. The molecule has 16 heavy (non-hydrogen) atoms. The highest BCUT2D eigenvalue weighted by Crippen LogP contribution is 2.46. The highest BCUT2D eigenvalue weighted by Gasteiger charge is 2.50. The molecule has 0 aromatic heterocycles. The maximum Gasteiger partial charge on any atom is 0.228 e. The van der Waals surface area contributed by atoms with Gasteiger partial charge in [0.15, 0.2) is 0 Å². The summed E-state index contributed by atoms with van der Waals surface area (Å²) >= 11 is 0. The minimum Gasteiger partial charge on any atom is -0.389 e. The monoisotopic (exact) mass is 229 g/mol. The van der Waals surface area contributed by atoms with E-state index >= 15 is 0 Å². The van der Waals surface area contributed by atoms with Crippen LogP contribution in [-0.4, -0.2) is 50.1 Å². The third-order valence-electron chi connectivity index (χ3n) is 3.40. The Morgan fingerprint density at radius 2 is 2.38 bits per heavy atom. The van der Waals surface area contributed by atoms with Crippen molar-refractivity contribution in [1.29, 1.82) is 0 Å². The first-order valence-electron chi connectivity index (χ1n) is 5.74. The van der Waals surface area contributed by atoms with E-state index in [2.05, 4.69) is 5.32 Å². The molecule has 1 saturated carbocycles. The van der Waals surface area contributed by atoms with E-state index in [1.165, 1.54) is 0 Å². The summed E-state index contributed by atoms with van der Waals surface area (Å²) in [5.41, 5.74) is -0.327. The third kappa shape index (κ3) is 2.36. The first kappa shape index (κ1) is 11.8. The molecule has 92 valence electrons. The molecule has 1 heterocycles. The fraction of sp³-hybridized carbons (Fsp3) is 0.909. The van der Waals surface area contributed by atoms with Crippen LogP contribution in [0.15, 0.2) is 0 Å². The van der Waals surface area contributed by atoms with Crippen molar-refractivity contribution in [1.82, 2.24) is 5.32 Å². The Morgan fingerprint density at radius 3 is 2.94 bits per heavy atom. The van der Waals surface area contributed by atoms with Gasteiger partial charge in [-0.15, -0.1) is 0 Å². The number of carbonyl (C=O) groups excluding carboxylic acids is 1. The summed E-state index contributed by atoms with van der Waals surface area (Å²) in [6.07, 6.45) is 1.85. The number of nitrogens with one attached hydrogen (secondary N) is 1. The van der Waals surface area contributed by atoms with E-state index in [4.69, 9.17) is 9.47 Å². The Hall–Kier alpha value is -0.650. The van der Waals surface area contributed by atoms with Gasteiger partial charge < -0.3 is 19.9 Å². The second-order valence-corrected chi connectivity index (χ2v) is 4.72. The molecule has 5 heteroatoms. The van der Waals surface area contributed by atoms with Gasteiger partial charge in [-0.1, -0.05) is 0 Å². The highest BCUT2D eigenvalue weighted by atomic mass is 16.5. The van der Waals surface area contributed by atoms with Gasteiger partial charge in [-0.3, -0.25) is 4.79 Å². The van der Waals surface area contributed by atoms with Crippen LogP contribution in [0, 0.1) is 5.41 Å². The van der Waals surface area contributed by atoms with Crippen LogP contribution in [0.5, 0.6) is 0 Å². The van der Waals surface area contributed by atoms with Crippen LogP contribution in [0.25, 0.3) is 0 Å². The zero-order valence-electron chi connectivity index (χ0n) is 9.57. The van der Waals surface area contributed by atoms with Crippen LogP contribution >= 0.6 is 0 Å². The topological polar surface area (TPSA) is 67.8 Å². The molecule has 1 saturated heterocycles. The van der Waals surface area contributed by atoms with Crippen LogP contribution in [0.2, 0.25) is 0 Å². The predicted octanol–water partition coefficient (Wildman–Crippen LogP) is -0.321. The van der Waals surface area contributed by atoms with Crippen molar-refractivity contribution in [2.24, 2.45) is 5.41 Å². The molecule has 0 spiro atoms. The molecular weight excluding hydrogens is 210 g/mol. The highest BCUT2D eigenvalue weighted by molar-refractivity contribution is 5.85. The number of aliphatic hydroxyl groups is 1. The molecule has 0 radical (unpaired) electrons. The van der Waals surface area contributed by atoms with Gasteiger partial charge in [0.2, 0.25) is 5.91 Å². The Bertz CT molecular complexity index is 265. The van der Waals surface area contributed by atoms with E-state index in [0.29, 0.717) is 26.2 Å². The van der Waals surface area contributed by atoms with Crippen LogP contribution in [-0.2, 0) is 14.3 Å². The second-order valence-electron chi connectivity index (χ2n) is 4.72. The average Bonchev–Trinajstić information content (AvgIpc) is 3.03. The van der Waals surface area contributed by atoms with Crippen LogP contribution in [0.1, 0.15) is 19.3 Å². The van der Waals surface area contributed by atoms with Crippen molar-refractivity contribution < 1.29 is 19.4 Å². The summed E-state index contributed by atoms with van der Waals surface area (Å²) in [5, 5.41) is 12.6. The zero-order valence-corrected chi connectivity index (χ0v) is 9.57. The molecule has 2 atom stereocenters. The van der Waals surface area contributed by atoms with Crippen molar-refractivity contribution in [3.63, 3.8) is 0 Å². The maximum atomic E-state index is 12.0. The Morgan fingerprint density at radius 1 is 1.62 bits per heavy atom. The third-order valence-corrected chi connectivity index (χ3v) is 3.40. The van der Waals surface area contributed by atoms with Gasteiger partial charge in [-0.05, 0) is 19.3 Å². The largest absolute Gasteiger partial charge is 0.389 e. The molecule has 0 aromatic carbocycles. The average molecular weight is 229 g/mol. The number of methoxy groups -OCH3 is 1. The van der Waals surface area contributed by atoms with Gasteiger partial charge in [0.1, 0.15) is 0 Å². The summed E-state index contributed by atoms with van der Waals surface area (Å²) in [4.78, 5) is 12.0. The lowest BCUT2D eigenvalue weighted by molar-refractivity contribution is -0.131. The van der Waals surface area contributed by atoms with Crippen molar-refractivity contribution in [2.45, 2.75) is 31.4 Å². The molecular formula is C11H19NO4. The SMILES string of the molecule is COCC1(C(=O)N[C@@H]2CCOC[C@H]2O)CC1. The van der Waals surface area contributed by atoms with Crippen molar-refractivity contribution in [3.05, 3.63) is 0 Å². The van der Waals surface area contributed by atoms with E-state index < -0.39 is 6.10 Å². The molecule has 1 amide bonds. The Kier molecular flexibility index (Phi) is 3.47. The normalized spacial score (nSPS) is 32.1. The van der Waals surface area contributed by atoms with Crippen LogP contribution in [0.4, 0.5) is 0 Å². The second kappa shape index (κ2) is 4.69. The predicted molar refractivity (Wildman–Crippen MR) is 56.9 cm³/mol. The van der Waals surface area contributed by atoms with Gasteiger partial charge in [-0.25, -0.2) is 0 Å². The smallest absolute Gasteiger partial charge is 0.228 e. The number of aliphatic hydroxyl groups excluding tert-OH is 1. The fourth-order valence-electron chi connectivity index (χ4n) is 2.08. The number of rotatable bonds is 4. The van der Waals surface area contributed by atoms with E-state index in [1.54, 1.807) is 7.11 Å². The van der Waals surface area contributed by atoms with Crippen LogP contribution < -0.4 is 5.32 Å². The minimum absolute atomic E-state index is 0.0142. The summed E-state index contributed by atoms with van der Waals surface area (Å²) in [5.74, 6) is 0.0142. The summed E-state index contributed by atoms with van der Waals surface area (Å²) in [6.45, 7) is 1.37. The van der Waals surface area contributed by atoms with E-state index in [-0.39, 0.29) is 17.4 Å². The summed E-state index contributed by atoms with van der Waals surface area (Å²) in [7, 11) is 1.61. The van der Waals surface area contributed by atoms with Gasteiger partial charge in [-0.2, -0.15) is 0 Å². The molecule has 0 unspecified atom stereocenters. The lowest BCUT2D eigenvalue weighted by atomic mass is 10.0. The maximum absolute atomic E-state index is 12.0. The quantitative estimate of drug-likeness (QED) is 0.693. The Labute approximate surface area is 95.1 Å². The van der Waals surface area contributed by atoms with Gasteiger partial charge in [0, 0.05) is 13.7 Å². The Balaban J connectivity index is 1.86. The number of amides is 1. The van der Waals surface area contributed by atoms with Gasteiger partial charge in [0.25, 0.3) is 0 Å². The number of hydrogen-bond acceptors (Lipinski definition) is 4. The molecule has 2 fully saturated rings. The first-order chi connectivity index (χ1) is 7.68. The van der Waals surface area contributed by atoms with Crippen molar-refractivity contribution >= 4 is 5.91 Å². The molecule has 2 N–H and O–H groups in total. The van der Waals surface area contributed by atoms with Gasteiger partial charge in [0.05, 0.1) is 30.8 Å². The van der Waals surface area contributed by atoms with Crippen LogP contribution in [0.3, 0.4) is 0 Å². The molecule has 1 aliphatic carbocycles. The molecule has 2 rings (SSSR count). The number of hydrogen-bond donors (Lipinski definition) is 2. The van der Waals surface area contributed by atoms with E-state index in [1.807, 2.05) is 0 Å².